The van der Waals surface area contributed by atoms with Gasteiger partial charge in [0.15, 0.2) is 17.5 Å². The van der Waals surface area contributed by atoms with Crippen LogP contribution in [0.15, 0.2) is 243 Å². The van der Waals surface area contributed by atoms with Gasteiger partial charge < -0.3 is 4.57 Å². The third-order valence-electron chi connectivity index (χ3n) is 14.6. The number of aromatic nitrogens is 4. The standard InChI is InChI=1S/C67H40N4S/c1-2-16-41(17-3-1)44-23-14-24-47(36-44)65-68-66(48-33-35-62-57(38-48)53-28-12-13-31-61(53)72-62)70-67(69-65)63-54-29-11-10-27-52(54)60(40-58(63)51-30-15-22-42-18-6-8-25-49(42)51)71-59-39-46-21-5-4-20-45(46)37-56(59)55-34-32-43-19-7-9-26-50(43)64(55)71/h1-40H. The van der Waals surface area contributed by atoms with E-state index in [1.54, 1.807) is 0 Å². The molecule has 15 aromatic rings. The van der Waals surface area contributed by atoms with E-state index in [0.717, 1.165) is 71.7 Å². The molecule has 0 aliphatic heterocycles. The molecule has 0 fully saturated rings. The summed E-state index contributed by atoms with van der Waals surface area (Å²) >= 11 is 1.81. The topological polar surface area (TPSA) is 43.6 Å². The van der Waals surface area contributed by atoms with Gasteiger partial charge in [0.1, 0.15) is 0 Å². The Balaban J connectivity index is 1.08. The Labute approximate surface area is 418 Å². The Bertz CT molecular complexity index is 4700. The van der Waals surface area contributed by atoms with Crippen molar-refractivity contribution in [3.8, 4) is 62.1 Å². The molecule has 0 bridgehead atoms. The first kappa shape index (κ1) is 40.6. The van der Waals surface area contributed by atoms with Crippen LogP contribution in [0.3, 0.4) is 0 Å². The zero-order chi connectivity index (χ0) is 47.3. The van der Waals surface area contributed by atoms with Crippen LogP contribution in [0.2, 0.25) is 0 Å². The third kappa shape index (κ3) is 6.41. The zero-order valence-corrected chi connectivity index (χ0v) is 39.6. The second-order valence-corrected chi connectivity index (χ2v) is 19.8. The van der Waals surface area contributed by atoms with Crippen LogP contribution in [-0.2, 0) is 0 Å². The maximum Gasteiger partial charge on any atom is 0.165 e. The molecule has 0 radical (unpaired) electrons. The number of rotatable bonds is 6. The summed E-state index contributed by atoms with van der Waals surface area (Å²) in [7, 11) is 0. The van der Waals surface area contributed by atoms with Crippen LogP contribution >= 0.6 is 11.3 Å². The Hall–Kier alpha value is -9.29. The highest BCUT2D eigenvalue weighted by atomic mass is 32.1. The number of thiophene rings is 1. The summed E-state index contributed by atoms with van der Waals surface area (Å²) in [5.74, 6) is 1.84. The minimum absolute atomic E-state index is 0.611. The van der Waals surface area contributed by atoms with Crippen LogP contribution in [0.1, 0.15) is 0 Å². The van der Waals surface area contributed by atoms with Crippen molar-refractivity contribution in [1.29, 1.82) is 0 Å². The Kier molecular flexibility index (Phi) is 9.10. The highest BCUT2D eigenvalue weighted by Crippen LogP contribution is 2.47. The van der Waals surface area contributed by atoms with Crippen molar-refractivity contribution in [1.82, 2.24) is 19.5 Å². The molecule has 334 valence electrons. The van der Waals surface area contributed by atoms with Crippen LogP contribution in [0.25, 0.3) is 147 Å². The summed E-state index contributed by atoms with van der Waals surface area (Å²) in [6.07, 6.45) is 0. The smallest absolute Gasteiger partial charge is 0.165 e. The first-order valence-corrected chi connectivity index (χ1v) is 25.2. The van der Waals surface area contributed by atoms with Crippen LogP contribution in [0.5, 0.6) is 0 Å². The maximum atomic E-state index is 5.61. The van der Waals surface area contributed by atoms with Gasteiger partial charge in [-0.15, -0.1) is 11.3 Å². The molecular formula is C67H40N4S. The molecule has 0 saturated carbocycles. The maximum absolute atomic E-state index is 5.61. The molecule has 4 nitrogen and oxygen atoms in total. The minimum Gasteiger partial charge on any atom is -0.308 e. The van der Waals surface area contributed by atoms with E-state index in [4.69, 9.17) is 15.0 Å². The highest BCUT2D eigenvalue weighted by Gasteiger charge is 2.25. The van der Waals surface area contributed by atoms with Crippen LogP contribution in [0, 0.1) is 0 Å². The lowest BCUT2D eigenvalue weighted by atomic mass is 9.89. The first-order chi connectivity index (χ1) is 35.7. The lowest BCUT2D eigenvalue weighted by molar-refractivity contribution is 1.08. The molecule has 0 atom stereocenters. The zero-order valence-electron chi connectivity index (χ0n) is 38.8. The number of fused-ring (bicyclic) bond motifs is 11. The molecular weight excluding hydrogens is 893 g/mol. The lowest BCUT2D eigenvalue weighted by Gasteiger charge is -2.20. The summed E-state index contributed by atoms with van der Waals surface area (Å²) in [6.45, 7) is 0. The molecule has 0 amide bonds. The van der Waals surface area contributed by atoms with Crippen molar-refractivity contribution >= 4 is 96.4 Å². The summed E-state index contributed by atoms with van der Waals surface area (Å²) < 4.78 is 5.02. The molecule has 0 unspecified atom stereocenters. The van der Waals surface area contributed by atoms with E-state index in [1.807, 2.05) is 11.3 Å². The van der Waals surface area contributed by atoms with E-state index < -0.39 is 0 Å². The van der Waals surface area contributed by atoms with Gasteiger partial charge in [0.25, 0.3) is 0 Å². The van der Waals surface area contributed by atoms with Crippen molar-refractivity contribution in [2.24, 2.45) is 0 Å². The van der Waals surface area contributed by atoms with E-state index in [2.05, 4.69) is 247 Å². The SMILES string of the molecule is c1ccc(-c2cccc(-c3nc(-c4ccc5sc6ccccc6c5c4)nc(-c4c(-c5cccc6ccccc56)cc(-n5c6cc7ccccc7cc6c6ccc7ccccc7c65)c5ccccc45)n3)c2)cc1. The fourth-order valence-corrected chi connectivity index (χ4v) is 12.3. The van der Waals surface area contributed by atoms with Gasteiger partial charge >= 0.3 is 0 Å². The van der Waals surface area contributed by atoms with E-state index in [0.29, 0.717) is 17.5 Å². The van der Waals surface area contributed by atoms with Crippen molar-refractivity contribution in [3.05, 3.63) is 243 Å². The van der Waals surface area contributed by atoms with Crippen LogP contribution in [-0.4, -0.2) is 19.5 Å². The van der Waals surface area contributed by atoms with Crippen molar-refractivity contribution < 1.29 is 0 Å². The Morgan fingerprint density at radius 1 is 0.292 bits per heavy atom. The molecule has 72 heavy (non-hydrogen) atoms. The van der Waals surface area contributed by atoms with Crippen LogP contribution in [0.4, 0.5) is 0 Å². The molecule has 0 aliphatic rings. The molecule has 0 N–H and O–H groups in total. The van der Waals surface area contributed by atoms with Crippen molar-refractivity contribution in [3.63, 3.8) is 0 Å². The van der Waals surface area contributed by atoms with Gasteiger partial charge in [0.2, 0.25) is 0 Å². The summed E-state index contributed by atoms with van der Waals surface area (Å²) in [5, 5.41) is 14.1. The average molecular weight is 933 g/mol. The number of nitrogens with zero attached hydrogens (tertiary/aromatic N) is 4. The van der Waals surface area contributed by atoms with E-state index >= 15 is 0 Å². The van der Waals surface area contributed by atoms with Gasteiger partial charge in [-0.3, -0.25) is 0 Å². The fraction of sp³-hybridized carbons (Fsp3) is 0. The minimum atomic E-state index is 0.611. The first-order valence-electron chi connectivity index (χ1n) is 24.4. The van der Waals surface area contributed by atoms with Crippen molar-refractivity contribution in [2.75, 3.05) is 0 Å². The third-order valence-corrected chi connectivity index (χ3v) is 15.7. The highest BCUT2D eigenvalue weighted by molar-refractivity contribution is 7.25. The molecule has 0 aliphatic carbocycles. The van der Waals surface area contributed by atoms with Crippen molar-refractivity contribution in [2.45, 2.75) is 0 Å². The Morgan fingerprint density at radius 3 is 1.69 bits per heavy atom. The second kappa shape index (κ2) is 16.1. The van der Waals surface area contributed by atoms with E-state index in [9.17, 15) is 0 Å². The number of benzene rings is 12. The number of hydrogen-bond acceptors (Lipinski definition) is 4. The summed E-state index contributed by atoms with van der Waals surface area (Å²) in [5.41, 5.74) is 10.6. The molecule has 15 rings (SSSR count). The van der Waals surface area contributed by atoms with Gasteiger partial charge in [-0.05, 0) is 103 Å². The lowest BCUT2D eigenvalue weighted by Crippen LogP contribution is -2.04. The van der Waals surface area contributed by atoms with E-state index in [1.165, 1.54) is 58.0 Å². The van der Waals surface area contributed by atoms with Gasteiger partial charge in [0.05, 0.1) is 16.7 Å². The predicted molar refractivity (Wildman–Crippen MR) is 304 cm³/mol. The van der Waals surface area contributed by atoms with Gasteiger partial charge in [-0.25, -0.2) is 15.0 Å². The molecule has 3 heterocycles. The van der Waals surface area contributed by atoms with Gasteiger partial charge in [0, 0.05) is 58.4 Å². The monoisotopic (exact) mass is 932 g/mol. The van der Waals surface area contributed by atoms with E-state index in [-0.39, 0.29) is 0 Å². The van der Waals surface area contributed by atoms with Gasteiger partial charge in [-0.2, -0.15) is 0 Å². The Morgan fingerprint density at radius 2 is 0.875 bits per heavy atom. The quantitative estimate of drug-likeness (QED) is 0.167. The van der Waals surface area contributed by atoms with Gasteiger partial charge in [-0.1, -0.05) is 194 Å². The molecule has 5 heteroatoms. The molecule has 3 aromatic heterocycles. The molecule has 12 aromatic carbocycles. The fourth-order valence-electron chi connectivity index (χ4n) is 11.2. The van der Waals surface area contributed by atoms with Crippen LogP contribution < -0.4 is 0 Å². The number of hydrogen-bond donors (Lipinski definition) is 0. The largest absolute Gasteiger partial charge is 0.308 e. The average Bonchev–Trinajstić information content (AvgIpc) is 3.99. The summed E-state index contributed by atoms with van der Waals surface area (Å²) in [6, 6.07) is 87.8. The predicted octanol–water partition coefficient (Wildman–Crippen LogP) is 18.3. The summed E-state index contributed by atoms with van der Waals surface area (Å²) in [4.78, 5) is 16.6. The second-order valence-electron chi connectivity index (χ2n) is 18.7. The normalized spacial score (nSPS) is 11.9. The molecule has 0 saturated heterocycles. The molecule has 0 spiro atoms.